The average Bonchev–Trinajstić information content (AvgIpc) is 3.91. The van der Waals surface area contributed by atoms with Gasteiger partial charge < -0.3 is 40.1 Å². The molecule has 344 valence electrons. The highest BCUT2D eigenvalue weighted by molar-refractivity contribution is 5.93. The topological polar surface area (TPSA) is 175 Å². The molecule has 6 aromatic rings. The molecule has 2 aliphatic heterocycles. The van der Waals surface area contributed by atoms with Crippen molar-refractivity contribution in [1.29, 1.82) is 0 Å². The molecule has 4 heterocycles. The predicted molar refractivity (Wildman–Crippen MR) is 259 cm³/mol. The Morgan fingerprint density at radius 2 is 1.00 bits per heavy atom. The summed E-state index contributed by atoms with van der Waals surface area (Å²) in [5, 5.41) is 28.5. The Morgan fingerprint density at radius 3 is 1.37 bits per heavy atom. The van der Waals surface area contributed by atoms with Gasteiger partial charge in [0, 0.05) is 37.0 Å². The molecule has 2 atom stereocenters. The smallest absolute Gasteiger partial charge is 0.407 e. The van der Waals surface area contributed by atoms with Crippen LogP contribution in [0.25, 0.3) is 44.6 Å². The van der Waals surface area contributed by atoms with Crippen molar-refractivity contribution in [3.63, 3.8) is 0 Å². The summed E-state index contributed by atoms with van der Waals surface area (Å²) in [4.78, 5) is 47.9. The zero-order chi connectivity index (χ0) is 45.8. The van der Waals surface area contributed by atoms with Crippen LogP contribution in [0, 0.1) is 24.7 Å². The molecule has 2 aliphatic rings. The van der Waals surface area contributed by atoms with Gasteiger partial charge in [-0.3, -0.25) is 0 Å². The van der Waals surface area contributed by atoms with Crippen LogP contribution in [0.5, 0.6) is 11.5 Å². The van der Waals surface area contributed by atoms with Crippen LogP contribution >= 0.6 is 12.4 Å². The van der Waals surface area contributed by atoms with E-state index >= 15 is 0 Å². The molecule has 14 nitrogen and oxygen atoms in total. The first-order chi connectivity index (χ1) is 30.4. The van der Waals surface area contributed by atoms with Gasteiger partial charge in [0.05, 0.1) is 47.5 Å². The van der Waals surface area contributed by atoms with E-state index in [1.54, 1.807) is 24.3 Å². The Hall–Kier alpha value is -6.41. The number of nitrogens with one attached hydrogen (secondary N) is 2. The Morgan fingerprint density at radius 1 is 0.615 bits per heavy atom. The molecule has 0 spiro atoms. The molecule has 2 aromatic heterocycles. The van der Waals surface area contributed by atoms with Crippen molar-refractivity contribution in [2.75, 3.05) is 49.2 Å². The van der Waals surface area contributed by atoms with Crippen molar-refractivity contribution in [2.24, 2.45) is 10.8 Å². The maximum Gasteiger partial charge on any atom is 0.407 e. The number of hydrogen-bond donors (Lipinski definition) is 4. The number of amides is 2. The van der Waals surface area contributed by atoms with E-state index in [4.69, 9.17) is 29.4 Å². The number of alkyl carbamates (subject to hydrolysis) is 2. The quantitative estimate of drug-likeness (QED) is 0.114. The maximum atomic E-state index is 12.2. The number of anilines is 2. The van der Waals surface area contributed by atoms with Gasteiger partial charge in [-0.15, -0.1) is 12.4 Å². The number of nitrogens with zero attached hydrogens (tertiary/aromatic N) is 6. The zero-order valence-electron chi connectivity index (χ0n) is 38.5. The second-order valence-corrected chi connectivity index (χ2v) is 19.2. The fourth-order valence-corrected chi connectivity index (χ4v) is 7.62. The van der Waals surface area contributed by atoms with Crippen molar-refractivity contribution in [1.82, 2.24) is 30.6 Å². The number of halogens is 1. The second kappa shape index (κ2) is 20.2. The van der Waals surface area contributed by atoms with Gasteiger partial charge in [-0.1, -0.05) is 77.9 Å². The first-order valence-electron chi connectivity index (χ1n) is 21.9. The van der Waals surface area contributed by atoms with E-state index in [9.17, 15) is 19.8 Å². The van der Waals surface area contributed by atoms with E-state index in [2.05, 4.69) is 20.4 Å². The number of phenolic OH excluding ortho intramolecular Hbond substituents is 2. The van der Waals surface area contributed by atoms with Crippen LogP contribution in [0.1, 0.15) is 65.5 Å². The molecular weight excluding hydrogens is 844 g/mol. The average molecular weight is 906 g/mol. The summed E-state index contributed by atoms with van der Waals surface area (Å²) in [5.41, 5.74) is 4.91. The minimum Gasteiger partial charge on any atom is -0.507 e. The van der Waals surface area contributed by atoms with Crippen LogP contribution in [0.15, 0.2) is 84.9 Å². The van der Waals surface area contributed by atoms with Crippen molar-refractivity contribution < 1.29 is 29.3 Å². The first-order valence-corrected chi connectivity index (χ1v) is 21.9. The van der Waals surface area contributed by atoms with Gasteiger partial charge in [-0.25, -0.2) is 29.5 Å². The molecular formula is C50H61ClN8O6. The molecule has 0 saturated carbocycles. The van der Waals surface area contributed by atoms with Crippen LogP contribution in [0.3, 0.4) is 0 Å². The lowest BCUT2D eigenvalue weighted by atomic mass is 9.99. The third-order valence-corrected chi connectivity index (χ3v) is 10.8. The lowest BCUT2D eigenvalue weighted by Crippen LogP contribution is -2.38. The third kappa shape index (κ3) is 12.4. The molecule has 2 amide bonds. The predicted octanol–water partition coefficient (Wildman–Crippen LogP) is 9.75. The number of fused-ring (bicyclic) bond motifs is 2. The van der Waals surface area contributed by atoms with Crippen LogP contribution in [0.4, 0.5) is 21.2 Å². The normalized spacial score (nSPS) is 16.1. The summed E-state index contributed by atoms with van der Waals surface area (Å²) < 4.78 is 10.7. The molecule has 15 heteroatoms. The van der Waals surface area contributed by atoms with E-state index < -0.39 is 0 Å². The third-order valence-electron chi connectivity index (χ3n) is 10.8. The van der Waals surface area contributed by atoms with Crippen LogP contribution in [-0.2, 0) is 9.47 Å². The number of aryl methyl sites for hydroxylation is 2. The van der Waals surface area contributed by atoms with Crippen molar-refractivity contribution >= 4 is 58.0 Å². The summed E-state index contributed by atoms with van der Waals surface area (Å²) in [6, 6.07) is 26.4. The van der Waals surface area contributed by atoms with E-state index in [0.717, 1.165) is 70.5 Å². The summed E-state index contributed by atoms with van der Waals surface area (Å²) >= 11 is 0. The Kier molecular flexibility index (Phi) is 14.9. The lowest BCUT2D eigenvalue weighted by Gasteiger charge is -2.21. The molecule has 4 aromatic carbocycles. The SMILES string of the molecule is Cc1ccc2c(N3CC[C@@H](NC(=O)OCC(C)(C)C)C3)nc(-c3ccccc3O)nc2c1.Cc1ccc2c(N3CC[C@@H](NC(=O)OCC(C)(C)C)C3)nc(-c3ccccc3O)nc2c1.Cl. The molecule has 0 aliphatic carbocycles. The number of carbonyl (C=O) groups is 2. The van der Waals surface area contributed by atoms with Gasteiger partial charge in [-0.05, 0) is 97.2 Å². The number of para-hydroxylation sites is 2. The second-order valence-electron chi connectivity index (χ2n) is 19.2. The minimum absolute atomic E-state index is 0. The van der Waals surface area contributed by atoms with Gasteiger partial charge in [0.1, 0.15) is 23.1 Å². The van der Waals surface area contributed by atoms with E-state index in [0.29, 0.717) is 49.1 Å². The number of aromatic hydroxyl groups is 2. The van der Waals surface area contributed by atoms with Crippen molar-refractivity contribution in [3.05, 3.63) is 96.1 Å². The summed E-state index contributed by atoms with van der Waals surface area (Å²) in [7, 11) is 0. The Bertz CT molecular complexity index is 2470. The molecule has 65 heavy (non-hydrogen) atoms. The molecule has 2 saturated heterocycles. The molecule has 0 radical (unpaired) electrons. The first kappa shape index (κ1) is 48.1. The number of rotatable bonds is 8. The standard InChI is InChI=1S/2C25H30N4O3.ClH/c2*1-16-9-10-18-20(13-16)27-22(19-7-5-6-8-21(19)30)28-23(18)29-12-11-17(14-29)26-24(31)32-15-25(2,3)4;/h2*5-10,13,17,30H,11-12,14-15H2,1-4H3,(H,26,31);1H/t2*17-;/m11./s1. The van der Waals surface area contributed by atoms with Crippen LogP contribution in [-0.4, -0.2) is 93.8 Å². The molecule has 0 unspecified atom stereocenters. The molecule has 4 N–H and O–H groups in total. The number of carbonyl (C=O) groups excluding carboxylic acids is 2. The zero-order valence-corrected chi connectivity index (χ0v) is 39.3. The van der Waals surface area contributed by atoms with Crippen LogP contribution in [0.2, 0.25) is 0 Å². The summed E-state index contributed by atoms with van der Waals surface area (Å²) in [6.07, 6.45) is 0.830. The highest BCUT2D eigenvalue weighted by Gasteiger charge is 2.30. The minimum atomic E-state index is -0.384. The lowest BCUT2D eigenvalue weighted by molar-refractivity contribution is 0.103. The van der Waals surface area contributed by atoms with Gasteiger partial charge in [-0.2, -0.15) is 0 Å². The monoisotopic (exact) mass is 904 g/mol. The fourth-order valence-electron chi connectivity index (χ4n) is 7.62. The van der Waals surface area contributed by atoms with Crippen LogP contribution < -0.4 is 20.4 Å². The molecule has 2 fully saturated rings. The highest BCUT2D eigenvalue weighted by atomic mass is 35.5. The number of phenols is 2. The van der Waals surface area contributed by atoms with Gasteiger partial charge in [0.2, 0.25) is 0 Å². The Balaban J connectivity index is 0.000000212. The molecule has 0 bridgehead atoms. The van der Waals surface area contributed by atoms with Crippen molar-refractivity contribution in [3.8, 4) is 34.3 Å². The maximum absolute atomic E-state index is 12.2. The van der Waals surface area contributed by atoms with Gasteiger partial charge in [0.15, 0.2) is 11.6 Å². The Labute approximate surface area is 387 Å². The highest BCUT2D eigenvalue weighted by Crippen LogP contribution is 2.35. The van der Waals surface area contributed by atoms with E-state index in [-0.39, 0.29) is 59.0 Å². The number of hydrogen-bond acceptors (Lipinski definition) is 12. The van der Waals surface area contributed by atoms with Gasteiger partial charge >= 0.3 is 12.2 Å². The van der Waals surface area contributed by atoms with E-state index in [1.165, 1.54) is 0 Å². The summed E-state index contributed by atoms with van der Waals surface area (Å²) in [6.45, 7) is 19.7. The number of ether oxygens (including phenoxy) is 2. The summed E-state index contributed by atoms with van der Waals surface area (Å²) in [5.74, 6) is 2.87. The fraction of sp³-hybridized carbons (Fsp3) is 0.400. The number of aromatic nitrogens is 4. The number of benzene rings is 4. The largest absolute Gasteiger partial charge is 0.507 e. The van der Waals surface area contributed by atoms with E-state index in [1.807, 2.05) is 116 Å². The van der Waals surface area contributed by atoms with Gasteiger partial charge in [0.25, 0.3) is 0 Å². The molecule has 8 rings (SSSR count). The van der Waals surface area contributed by atoms with Crippen molar-refractivity contribution in [2.45, 2.75) is 80.3 Å².